The third kappa shape index (κ3) is 22.6. The van der Waals surface area contributed by atoms with Crippen LogP contribution in [0.5, 0.6) is 0 Å². The summed E-state index contributed by atoms with van der Waals surface area (Å²) in [6.07, 6.45) is 5.54. The van der Waals surface area contributed by atoms with Crippen molar-refractivity contribution in [1.82, 2.24) is 0 Å². The molecule has 3 nitrogen and oxygen atoms in total. The lowest BCUT2D eigenvalue weighted by molar-refractivity contribution is -0.131. The predicted octanol–water partition coefficient (Wildman–Crippen LogP) is 2.73. The maximum atomic E-state index is 9.86. The van der Waals surface area contributed by atoms with Gasteiger partial charge in [0.25, 0.3) is 0 Å². The maximum absolute atomic E-state index is 9.86. The van der Waals surface area contributed by atoms with Gasteiger partial charge in [-0.15, -0.1) is 0 Å². The van der Waals surface area contributed by atoms with Crippen LogP contribution in [0.4, 0.5) is 0 Å². The molecule has 0 aromatic rings. The van der Waals surface area contributed by atoms with Gasteiger partial charge in [-0.2, -0.15) is 0 Å². The Labute approximate surface area is 104 Å². The van der Waals surface area contributed by atoms with E-state index in [2.05, 4.69) is 31.9 Å². The number of rotatable bonds is 4. The van der Waals surface area contributed by atoms with Gasteiger partial charge in [-0.3, -0.25) is 4.79 Å². The number of hydrogen-bond donors (Lipinski definition) is 1. The van der Waals surface area contributed by atoms with Crippen molar-refractivity contribution >= 4 is 54.7 Å². The van der Waals surface area contributed by atoms with Crippen molar-refractivity contribution in [1.29, 1.82) is 0 Å². The number of alkyl halides is 2. The Morgan fingerprint density at radius 3 is 1.71 bits per heavy atom. The third-order valence-corrected chi connectivity index (χ3v) is 1.56. The molecular weight excluding hydrogens is 339 g/mol. The van der Waals surface area contributed by atoms with E-state index in [1.165, 1.54) is 12.2 Å². The summed E-state index contributed by atoms with van der Waals surface area (Å²) in [5.41, 5.74) is 0. The summed E-state index contributed by atoms with van der Waals surface area (Å²) < 4.78 is 0. The van der Waals surface area contributed by atoms with Crippen molar-refractivity contribution < 1.29 is 14.7 Å². The van der Waals surface area contributed by atoms with Gasteiger partial charge in [-0.05, 0) is 17.7 Å². The molecule has 80 valence electrons. The molecular formula is C8H9Br2ClO3. The molecule has 0 aliphatic carbocycles. The van der Waals surface area contributed by atoms with E-state index in [1.807, 2.05) is 0 Å². The van der Waals surface area contributed by atoms with Crippen LogP contribution in [-0.2, 0) is 9.59 Å². The predicted molar refractivity (Wildman–Crippen MR) is 64.4 cm³/mol. The molecule has 0 amide bonds. The average Bonchev–Trinajstić information content (AvgIpc) is 2.12. The number of carbonyl (C=O) groups is 2. The zero-order valence-corrected chi connectivity index (χ0v) is 11.0. The van der Waals surface area contributed by atoms with E-state index in [4.69, 9.17) is 16.7 Å². The van der Waals surface area contributed by atoms with E-state index >= 15 is 0 Å². The molecule has 0 spiro atoms. The van der Waals surface area contributed by atoms with Crippen molar-refractivity contribution in [3.8, 4) is 0 Å². The fourth-order valence-electron chi connectivity index (χ4n) is 0.283. The molecule has 0 radical (unpaired) electrons. The van der Waals surface area contributed by atoms with Crippen molar-refractivity contribution in [2.75, 3.05) is 10.7 Å². The quantitative estimate of drug-likeness (QED) is 0.483. The van der Waals surface area contributed by atoms with Crippen LogP contribution in [0.3, 0.4) is 0 Å². The first kappa shape index (κ1) is 16.3. The number of carboxylic acids is 1. The normalized spacial score (nSPS) is 9.93. The van der Waals surface area contributed by atoms with E-state index in [0.29, 0.717) is 10.7 Å². The van der Waals surface area contributed by atoms with Crippen LogP contribution in [0.2, 0.25) is 0 Å². The molecule has 14 heavy (non-hydrogen) atoms. The summed E-state index contributed by atoms with van der Waals surface area (Å²) in [6.45, 7) is 0. The Morgan fingerprint density at radius 1 is 1.14 bits per heavy atom. The van der Waals surface area contributed by atoms with Gasteiger partial charge < -0.3 is 5.11 Å². The molecule has 0 aliphatic rings. The lowest BCUT2D eigenvalue weighted by Gasteiger charge is -1.72. The number of aliphatic carboxylic acids is 1. The van der Waals surface area contributed by atoms with Crippen LogP contribution in [0.1, 0.15) is 0 Å². The summed E-state index contributed by atoms with van der Waals surface area (Å²) in [4.78, 5) is 19.5. The first-order valence-corrected chi connectivity index (χ1v) is 6.04. The molecule has 0 aliphatic heterocycles. The summed E-state index contributed by atoms with van der Waals surface area (Å²) in [5.74, 6) is -0.903. The van der Waals surface area contributed by atoms with Crippen molar-refractivity contribution in [2.24, 2.45) is 0 Å². The lowest BCUT2D eigenvalue weighted by atomic mass is 10.5. The highest BCUT2D eigenvalue weighted by molar-refractivity contribution is 9.09. The van der Waals surface area contributed by atoms with Crippen molar-refractivity contribution in [3.05, 3.63) is 24.3 Å². The number of carbonyl (C=O) groups excluding carboxylic acids is 1. The topological polar surface area (TPSA) is 54.4 Å². The standard InChI is InChI=1S/C4H4BrClO.C4H5BrO2/c2*5-3-1-2-4(6)7/h1-2H,3H2;1-2H,3H2,(H,6,7)/b2*2-1+. The van der Waals surface area contributed by atoms with Crippen LogP contribution in [-0.4, -0.2) is 27.0 Å². The summed E-state index contributed by atoms with van der Waals surface area (Å²) >= 11 is 11.0. The van der Waals surface area contributed by atoms with Gasteiger partial charge in [0.1, 0.15) is 0 Å². The minimum absolute atomic E-state index is 0.431. The first-order chi connectivity index (χ1) is 6.54. The fraction of sp³-hybridized carbons (Fsp3) is 0.250. The Kier molecular flexibility index (Phi) is 15.0. The van der Waals surface area contributed by atoms with E-state index in [1.54, 1.807) is 6.08 Å². The highest BCUT2D eigenvalue weighted by Gasteiger charge is 1.80. The molecule has 6 heteroatoms. The van der Waals surface area contributed by atoms with Gasteiger partial charge in [-0.1, -0.05) is 44.0 Å². The summed E-state index contributed by atoms with van der Waals surface area (Å²) in [7, 11) is 0. The van der Waals surface area contributed by atoms with Gasteiger partial charge in [0, 0.05) is 16.7 Å². The fourth-order valence-corrected chi connectivity index (χ4v) is 0.745. The molecule has 1 N–H and O–H groups in total. The lowest BCUT2D eigenvalue weighted by Crippen LogP contribution is -1.84. The van der Waals surface area contributed by atoms with Crippen LogP contribution in [0, 0.1) is 0 Å². The number of carboxylic acid groups (broad SMARTS) is 1. The molecule has 0 bridgehead atoms. The highest BCUT2D eigenvalue weighted by Crippen LogP contribution is 1.85. The third-order valence-electron chi connectivity index (χ3n) is 0.687. The smallest absolute Gasteiger partial charge is 0.328 e. The molecule has 0 unspecified atom stereocenters. The number of halogens is 3. The molecule has 0 saturated heterocycles. The molecule has 0 atom stereocenters. The van der Waals surface area contributed by atoms with Crippen LogP contribution in [0.15, 0.2) is 24.3 Å². The van der Waals surface area contributed by atoms with Gasteiger partial charge in [0.15, 0.2) is 0 Å². The van der Waals surface area contributed by atoms with Gasteiger partial charge in [0.2, 0.25) is 5.24 Å². The first-order valence-electron chi connectivity index (χ1n) is 3.42. The van der Waals surface area contributed by atoms with Crippen molar-refractivity contribution in [3.63, 3.8) is 0 Å². The minimum atomic E-state index is -0.903. The largest absolute Gasteiger partial charge is 0.478 e. The number of hydrogen-bond acceptors (Lipinski definition) is 2. The molecule has 0 saturated carbocycles. The van der Waals surface area contributed by atoms with E-state index in [9.17, 15) is 9.59 Å². The molecule has 0 aromatic carbocycles. The molecule has 0 heterocycles. The van der Waals surface area contributed by atoms with Crippen LogP contribution in [0.25, 0.3) is 0 Å². The SMILES string of the molecule is O=C(Cl)/C=C/CBr.O=C(O)/C=C/CBr. The van der Waals surface area contributed by atoms with Gasteiger partial charge in [0.05, 0.1) is 0 Å². The average molecular weight is 348 g/mol. The summed E-state index contributed by atoms with van der Waals surface area (Å²) in [6, 6.07) is 0. The molecule has 0 rings (SSSR count). The highest BCUT2D eigenvalue weighted by atomic mass is 79.9. The Bertz CT molecular complexity index is 203. The van der Waals surface area contributed by atoms with E-state index in [-0.39, 0.29) is 0 Å². The summed E-state index contributed by atoms with van der Waals surface area (Å²) in [5, 5.41) is 8.77. The number of allylic oxidation sites excluding steroid dienone is 3. The Balaban J connectivity index is 0. The second kappa shape index (κ2) is 12.9. The van der Waals surface area contributed by atoms with Crippen LogP contribution < -0.4 is 0 Å². The Morgan fingerprint density at radius 2 is 1.57 bits per heavy atom. The van der Waals surface area contributed by atoms with E-state index in [0.717, 1.165) is 6.08 Å². The second-order valence-electron chi connectivity index (χ2n) is 1.76. The van der Waals surface area contributed by atoms with Gasteiger partial charge >= 0.3 is 5.97 Å². The monoisotopic (exact) mass is 346 g/mol. The van der Waals surface area contributed by atoms with Crippen LogP contribution >= 0.6 is 43.5 Å². The zero-order valence-electron chi connectivity index (χ0n) is 7.12. The maximum Gasteiger partial charge on any atom is 0.328 e. The zero-order chi connectivity index (χ0) is 11.4. The molecule has 0 fully saturated rings. The Hall–Kier alpha value is -0.130. The molecule has 0 aromatic heterocycles. The second-order valence-corrected chi connectivity index (χ2v) is 3.42. The minimum Gasteiger partial charge on any atom is -0.478 e. The van der Waals surface area contributed by atoms with E-state index < -0.39 is 11.2 Å². The van der Waals surface area contributed by atoms with Gasteiger partial charge in [-0.25, -0.2) is 4.79 Å². The van der Waals surface area contributed by atoms with Crippen molar-refractivity contribution in [2.45, 2.75) is 0 Å².